The molecule has 5 heteroatoms. The number of likely N-dealkylation sites (tertiary alicyclic amines) is 1. The number of benzene rings is 1. The maximum atomic E-state index is 12.6. The molecule has 0 saturated carbocycles. The van der Waals surface area contributed by atoms with Crippen LogP contribution in [-0.2, 0) is 9.59 Å². The summed E-state index contributed by atoms with van der Waals surface area (Å²) in [6, 6.07) is 10.6. The number of para-hydroxylation sites is 1. The van der Waals surface area contributed by atoms with Crippen molar-refractivity contribution in [2.75, 3.05) is 24.5 Å². The Kier molecular flexibility index (Phi) is 5.02. The molecule has 2 heterocycles. The van der Waals surface area contributed by atoms with Crippen LogP contribution in [0.25, 0.3) is 0 Å². The third kappa shape index (κ3) is 4.14. The first-order valence-electron chi connectivity index (χ1n) is 9.25. The molecule has 0 bridgehead atoms. The third-order valence-electron chi connectivity index (χ3n) is 5.27. The van der Waals surface area contributed by atoms with Gasteiger partial charge in [-0.1, -0.05) is 18.2 Å². The molecule has 2 aliphatic rings. The quantitative estimate of drug-likeness (QED) is 0.917. The second-order valence-corrected chi connectivity index (χ2v) is 8.18. The van der Waals surface area contributed by atoms with Crippen LogP contribution in [-0.4, -0.2) is 47.9 Å². The fourth-order valence-corrected chi connectivity index (χ4v) is 3.77. The van der Waals surface area contributed by atoms with Crippen LogP contribution in [0.15, 0.2) is 30.3 Å². The molecule has 0 spiro atoms. The molecule has 2 saturated heterocycles. The maximum absolute atomic E-state index is 12.6. The topological polar surface area (TPSA) is 52.7 Å². The van der Waals surface area contributed by atoms with Crippen molar-refractivity contribution in [3.05, 3.63) is 30.3 Å². The molecule has 2 aliphatic heterocycles. The van der Waals surface area contributed by atoms with Crippen LogP contribution in [0.3, 0.4) is 0 Å². The predicted octanol–water partition coefficient (Wildman–Crippen LogP) is 2.42. The van der Waals surface area contributed by atoms with Crippen LogP contribution >= 0.6 is 0 Å². The smallest absolute Gasteiger partial charge is 0.225 e. The molecule has 0 unspecified atom stereocenters. The van der Waals surface area contributed by atoms with Gasteiger partial charge in [-0.05, 0) is 45.7 Å². The van der Waals surface area contributed by atoms with E-state index in [1.54, 1.807) is 0 Å². The highest BCUT2D eigenvalue weighted by Crippen LogP contribution is 2.26. The van der Waals surface area contributed by atoms with Gasteiger partial charge in [0.2, 0.25) is 11.8 Å². The number of rotatable bonds is 3. The highest BCUT2D eigenvalue weighted by Gasteiger charge is 2.39. The molecule has 1 aromatic carbocycles. The Morgan fingerprint density at radius 2 is 1.76 bits per heavy atom. The summed E-state index contributed by atoms with van der Waals surface area (Å²) in [4.78, 5) is 28.9. The molecule has 0 aliphatic carbocycles. The lowest BCUT2D eigenvalue weighted by Crippen LogP contribution is -2.47. The van der Waals surface area contributed by atoms with Crippen LogP contribution < -0.4 is 10.2 Å². The van der Waals surface area contributed by atoms with Crippen molar-refractivity contribution in [1.29, 1.82) is 0 Å². The molecule has 0 aromatic heterocycles. The Bertz CT molecular complexity index is 616. The van der Waals surface area contributed by atoms with Gasteiger partial charge in [0, 0.05) is 43.3 Å². The molecule has 1 aromatic rings. The summed E-state index contributed by atoms with van der Waals surface area (Å²) < 4.78 is 0. The van der Waals surface area contributed by atoms with E-state index in [2.05, 4.69) is 34.5 Å². The number of hydrogen-bond acceptors (Lipinski definition) is 3. The molecular weight excluding hydrogens is 314 g/mol. The van der Waals surface area contributed by atoms with E-state index in [0.29, 0.717) is 13.0 Å². The summed E-state index contributed by atoms with van der Waals surface area (Å²) >= 11 is 0. The van der Waals surface area contributed by atoms with Crippen molar-refractivity contribution >= 4 is 17.5 Å². The van der Waals surface area contributed by atoms with E-state index in [-0.39, 0.29) is 29.3 Å². The predicted molar refractivity (Wildman–Crippen MR) is 99.4 cm³/mol. The van der Waals surface area contributed by atoms with Crippen LogP contribution in [0, 0.1) is 5.92 Å². The molecule has 2 fully saturated rings. The van der Waals surface area contributed by atoms with Gasteiger partial charge in [-0.25, -0.2) is 0 Å². The lowest BCUT2D eigenvalue weighted by Gasteiger charge is -2.34. The average Bonchev–Trinajstić information content (AvgIpc) is 2.99. The molecule has 1 atom stereocenters. The first-order valence-corrected chi connectivity index (χ1v) is 9.25. The molecule has 1 N–H and O–H groups in total. The number of nitrogens with one attached hydrogen (secondary N) is 1. The number of piperidine rings is 1. The number of carbonyl (C=O) groups excluding carboxylic acids is 2. The van der Waals surface area contributed by atoms with E-state index in [0.717, 1.165) is 25.9 Å². The summed E-state index contributed by atoms with van der Waals surface area (Å²) in [6.07, 6.45) is 2.24. The van der Waals surface area contributed by atoms with E-state index in [4.69, 9.17) is 0 Å². The van der Waals surface area contributed by atoms with Gasteiger partial charge in [0.1, 0.15) is 0 Å². The third-order valence-corrected chi connectivity index (χ3v) is 5.27. The van der Waals surface area contributed by atoms with Crippen molar-refractivity contribution in [3.8, 4) is 0 Å². The van der Waals surface area contributed by atoms with Gasteiger partial charge in [-0.2, -0.15) is 0 Å². The van der Waals surface area contributed by atoms with Crippen molar-refractivity contribution in [2.24, 2.45) is 5.92 Å². The zero-order valence-electron chi connectivity index (χ0n) is 15.5. The maximum Gasteiger partial charge on any atom is 0.225 e. The second kappa shape index (κ2) is 7.06. The fraction of sp³-hybridized carbons (Fsp3) is 0.600. The van der Waals surface area contributed by atoms with E-state index in [1.807, 2.05) is 31.7 Å². The lowest BCUT2D eigenvalue weighted by atomic mass is 10.0. The molecule has 3 rings (SSSR count). The minimum absolute atomic E-state index is 0.0401. The molecular formula is C20H29N3O2. The van der Waals surface area contributed by atoms with Gasteiger partial charge in [0.15, 0.2) is 0 Å². The summed E-state index contributed by atoms with van der Waals surface area (Å²) in [7, 11) is 0. The lowest BCUT2D eigenvalue weighted by molar-refractivity contribution is -0.132. The van der Waals surface area contributed by atoms with Crippen LogP contribution in [0.1, 0.15) is 40.0 Å². The van der Waals surface area contributed by atoms with Crippen molar-refractivity contribution in [2.45, 2.75) is 51.6 Å². The Morgan fingerprint density at radius 1 is 1.12 bits per heavy atom. The number of nitrogens with zero attached hydrogens (tertiary/aromatic N) is 2. The van der Waals surface area contributed by atoms with E-state index in [1.165, 1.54) is 5.69 Å². The number of amides is 2. The zero-order chi connectivity index (χ0) is 18.0. The van der Waals surface area contributed by atoms with E-state index >= 15 is 0 Å². The Labute approximate surface area is 150 Å². The van der Waals surface area contributed by atoms with Crippen molar-refractivity contribution in [1.82, 2.24) is 10.2 Å². The average molecular weight is 343 g/mol. The van der Waals surface area contributed by atoms with Gasteiger partial charge in [0.05, 0.1) is 5.92 Å². The standard InChI is InChI=1S/C20H29N3O2/c1-20(2,3)23-14-15(13-18(23)24)19(25)21-16-9-11-22(12-10-16)17-7-5-4-6-8-17/h4-8,15-16H,9-14H2,1-3H3,(H,21,25)/t15-/m1/s1. The Balaban J connectivity index is 1.49. The highest BCUT2D eigenvalue weighted by atomic mass is 16.2. The van der Waals surface area contributed by atoms with Crippen LogP contribution in [0.5, 0.6) is 0 Å². The molecule has 25 heavy (non-hydrogen) atoms. The van der Waals surface area contributed by atoms with Gasteiger partial charge < -0.3 is 15.1 Å². The number of anilines is 1. The minimum atomic E-state index is -0.215. The number of carbonyl (C=O) groups is 2. The normalized spacial score (nSPS) is 22.4. The monoisotopic (exact) mass is 343 g/mol. The van der Waals surface area contributed by atoms with Crippen LogP contribution in [0.2, 0.25) is 0 Å². The van der Waals surface area contributed by atoms with Gasteiger partial charge in [0.25, 0.3) is 0 Å². The Morgan fingerprint density at radius 3 is 2.32 bits per heavy atom. The Hall–Kier alpha value is -2.04. The van der Waals surface area contributed by atoms with Gasteiger partial charge in [-0.3, -0.25) is 9.59 Å². The summed E-state index contributed by atoms with van der Waals surface area (Å²) in [5.41, 5.74) is 1.03. The first-order chi connectivity index (χ1) is 11.8. The van der Waals surface area contributed by atoms with E-state index < -0.39 is 0 Å². The van der Waals surface area contributed by atoms with Crippen LogP contribution in [0.4, 0.5) is 5.69 Å². The summed E-state index contributed by atoms with van der Waals surface area (Å²) in [6.45, 7) is 8.50. The second-order valence-electron chi connectivity index (χ2n) is 8.18. The zero-order valence-corrected chi connectivity index (χ0v) is 15.5. The number of hydrogen-bond donors (Lipinski definition) is 1. The fourth-order valence-electron chi connectivity index (χ4n) is 3.77. The highest BCUT2D eigenvalue weighted by molar-refractivity contribution is 5.89. The SMILES string of the molecule is CC(C)(C)N1C[C@H](C(=O)NC2CCN(c3ccccc3)CC2)CC1=O. The molecule has 5 nitrogen and oxygen atoms in total. The van der Waals surface area contributed by atoms with Gasteiger partial charge in [-0.15, -0.1) is 0 Å². The molecule has 0 radical (unpaired) electrons. The van der Waals surface area contributed by atoms with Gasteiger partial charge >= 0.3 is 0 Å². The summed E-state index contributed by atoms with van der Waals surface area (Å²) in [5, 5.41) is 3.18. The summed E-state index contributed by atoms with van der Waals surface area (Å²) in [5.74, 6) is -0.0799. The molecule has 136 valence electrons. The largest absolute Gasteiger partial charge is 0.371 e. The molecule has 2 amide bonds. The first kappa shape index (κ1) is 17.8. The minimum Gasteiger partial charge on any atom is -0.371 e. The van der Waals surface area contributed by atoms with Crippen molar-refractivity contribution < 1.29 is 9.59 Å². The van der Waals surface area contributed by atoms with E-state index in [9.17, 15) is 9.59 Å². The van der Waals surface area contributed by atoms with Crippen molar-refractivity contribution in [3.63, 3.8) is 0 Å².